The molecule has 1 aromatic heterocycles. The molecular weight excluding hydrogens is 327 g/mol. The predicted octanol–water partition coefficient (Wildman–Crippen LogP) is 2.49. The molecule has 4 nitrogen and oxygen atoms in total. The van der Waals surface area contributed by atoms with Crippen molar-refractivity contribution in [3.63, 3.8) is 0 Å². The van der Waals surface area contributed by atoms with E-state index in [2.05, 4.69) is 0 Å². The number of rotatable bonds is 3. The van der Waals surface area contributed by atoms with Crippen molar-refractivity contribution >= 4 is 45.4 Å². The molecule has 2 N–H and O–H groups in total. The topological polar surface area (TPSA) is 63.4 Å². The molecule has 1 aliphatic rings. The van der Waals surface area contributed by atoms with Gasteiger partial charge in [0.15, 0.2) is 0 Å². The van der Waals surface area contributed by atoms with Crippen LogP contribution in [0.2, 0.25) is 4.34 Å². The Balaban J connectivity index is 0.00000180. The molecule has 1 aliphatic heterocycles. The van der Waals surface area contributed by atoms with E-state index in [1.807, 2.05) is 13.8 Å². The second-order valence-electron chi connectivity index (χ2n) is 4.78. The second kappa shape index (κ2) is 6.28. The van der Waals surface area contributed by atoms with E-state index in [1.165, 1.54) is 0 Å². The summed E-state index contributed by atoms with van der Waals surface area (Å²) in [6.07, 6.45) is 0.827. The minimum Gasteiger partial charge on any atom is -0.330 e. The lowest BCUT2D eigenvalue weighted by molar-refractivity contribution is 0.406. The van der Waals surface area contributed by atoms with Gasteiger partial charge in [-0.1, -0.05) is 11.6 Å². The van der Waals surface area contributed by atoms with Crippen LogP contribution in [0.1, 0.15) is 18.9 Å². The predicted molar refractivity (Wildman–Crippen MR) is 81.8 cm³/mol. The highest BCUT2D eigenvalue weighted by atomic mass is 35.5. The molecule has 1 fully saturated rings. The van der Waals surface area contributed by atoms with Gasteiger partial charge in [0.2, 0.25) is 0 Å². The second-order valence-corrected chi connectivity index (χ2v) is 8.55. The van der Waals surface area contributed by atoms with Gasteiger partial charge in [-0.25, -0.2) is 8.42 Å². The molecule has 0 spiro atoms. The van der Waals surface area contributed by atoms with Gasteiger partial charge in [0.1, 0.15) is 4.21 Å². The standard InChI is InChI=1S/C11H17ClN2O2S2.ClH/c1-7-3-10(17-11(7)12)18(15,16)14-6-9(5-13)4-8(14)2;/h3,8-9H,4-6,13H2,1-2H3;1H. The summed E-state index contributed by atoms with van der Waals surface area (Å²) < 4.78 is 27.4. The summed E-state index contributed by atoms with van der Waals surface area (Å²) in [7, 11) is -3.42. The Morgan fingerprint density at radius 1 is 1.58 bits per heavy atom. The fraction of sp³-hybridized carbons (Fsp3) is 0.636. The number of aryl methyl sites for hydroxylation is 1. The quantitative estimate of drug-likeness (QED) is 0.915. The Morgan fingerprint density at radius 2 is 2.21 bits per heavy atom. The zero-order valence-electron chi connectivity index (χ0n) is 10.8. The van der Waals surface area contributed by atoms with Crippen LogP contribution in [0.15, 0.2) is 10.3 Å². The monoisotopic (exact) mass is 344 g/mol. The van der Waals surface area contributed by atoms with Crippen molar-refractivity contribution in [3.05, 3.63) is 16.0 Å². The molecule has 19 heavy (non-hydrogen) atoms. The van der Waals surface area contributed by atoms with E-state index in [0.717, 1.165) is 23.3 Å². The lowest BCUT2D eigenvalue weighted by Gasteiger charge is -2.19. The zero-order valence-corrected chi connectivity index (χ0v) is 14.0. The van der Waals surface area contributed by atoms with Crippen LogP contribution in [0.25, 0.3) is 0 Å². The van der Waals surface area contributed by atoms with Gasteiger partial charge >= 0.3 is 0 Å². The van der Waals surface area contributed by atoms with E-state index >= 15 is 0 Å². The Bertz CT molecular complexity index is 525. The molecule has 8 heteroatoms. The molecule has 1 saturated heterocycles. The van der Waals surface area contributed by atoms with Gasteiger partial charge in [0, 0.05) is 12.6 Å². The molecule has 0 aromatic carbocycles. The molecule has 2 rings (SSSR count). The van der Waals surface area contributed by atoms with Gasteiger partial charge < -0.3 is 5.73 Å². The van der Waals surface area contributed by atoms with Crippen LogP contribution in [0.4, 0.5) is 0 Å². The maximum absolute atomic E-state index is 12.5. The van der Waals surface area contributed by atoms with Crippen LogP contribution in [-0.4, -0.2) is 31.9 Å². The van der Waals surface area contributed by atoms with Crippen LogP contribution in [0, 0.1) is 12.8 Å². The van der Waals surface area contributed by atoms with Gasteiger partial charge in [-0.2, -0.15) is 4.31 Å². The van der Waals surface area contributed by atoms with Gasteiger partial charge in [0.25, 0.3) is 10.0 Å². The van der Waals surface area contributed by atoms with Crippen molar-refractivity contribution in [3.8, 4) is 0 Å². The molecule has 2 atom stereocenters. The first kappa shape index (κ1) is 17.2. The van der Waals surface area contributed by atoms with Crippen LogP contribution in [0.3, 0.4) is 0 Å². The highest BCUT2D eigenvalue weighted by molar-refractivity contribution is 7.91. The van der Waals surface area contributed by atoms with Crippen LogP contribution < -0.4 is 5.73 Å². The third kappa shape index (κ3) is 3.25. The van der Waals surface area contributed by atoms with Crippen molar-refractivity contribution in [2.24, 2.45) is 11.7 Å². The summed E-state index contributed by atoms with van der Waals surface area (Å²) in [6.45, 7) is 4.78. The number of hydrogen-bond acceptors (Lipinski definition) is 4. The summed E-state index contributed by atoms with van der Waals surface area (Å²) in [6, 6.07) is 1.65. The summed E-state index contributed by atoms with van der Waals surface area (Å²) in [5.74, 6) is 0.256. The van der Waals surface area contributed by atoms with Crippen molar-refractivity contribution < 1.29 is 8.42 Å². The van der Waals surface area contributed by atoms with Crippen molar-refractivity contribution in [2.75, 3.05) is 13.1 Å². The molecule has 2 unspecified atom stereocenters. The SMILES string of the molecule is Cc1cc(S(=O)(=O)N2CC(CN)CC2C)sc1Cl.Cl. The molecule has 0 aliphatic carbocycles. The fourth-order valence-electron chi connectivity index (χ4n) is 2.29. The van der Waals surface area contributed by atoms with E-state index in [1.54, 1.807) is 10.4 Å². The van der Waals surface area contributed by atoms with Crippen LogP contribution in [-0.2, 0) is 10.0 Å². The van der Waals surface area contributed by atoms with Crippen molar-refractivity contribution in [1.29, 1.82) is 0 Å². The minimum atomic E-state index is -3.42. The smallest absolute Gasteiger partial charge is 0.252 e. The zero-order chi connectivity index (χ0) is 13.5. The molecule has 0 saturated carbocycles. The van der Waals surface area contributed by atoms with Crippen molar-refractivity contribution in [2.45, 2.75) is 30.5 Å². The lowest BCUT2D eigenvalue weighted by Crippen LogP contribution is -2.34. The first-order valence-corrected chi connectivity index (χ1v) is 8.47. The van der Waals surface area contributed by atoms with Crippen LogP contribution >= 0.6 is 35.3 Å². The summed E-state index contributed by atoms with van der Waals surface area (Å²) in [5, 5.41) is 0. The molecule has 110 valence electrons. The summed E-state index contributed by atoms with van der Waals surface area (Å²) >= 11 is 7.07. The molecule has 2 heterocycles. The minimum absolute atomic E-state index is 0. The van der Waals surface area contributed by atoms with E-state index in [9.17, 15) is 8.42 Å². The largest absolute Gasteiger partial charge is 0.330 e. The number of hydrogen-bond donors (Lipinski definition) is 1. The summed E-state index contributed by atoms with van der Waals surface area (Å²) in [5.41, 5.74) is 6.44. The van der Waals surface area contributed by atoms with Crippen molar-refractivity contribution in [1.82, 2.24) is 4.31 Å². The van der Waals surface area contributed by atoms with E-state index < -0.39 is 10.0 Å². The van der Waals surface area contributed by atoms with E-state index in [-0.39, 0.29) is 24.4 Å². The number of nitrogens with two attached hydrogens (primary N) is 1. The first-order chi connectivity index (χ1) is 8.36. The van der Waals surface area contributed by atoms with Gasteiger partial charge in [0.05, 0.1) is 4.34 Å². The third-order valence-corrected chi connectivity index (χ3v) is 7.32. The number of thiophene rings is 1. The molecule has 0 amide bonds. The highest BCUT2D eigenvalue weighted by Gasteiger charge is 2.38. The Morgan fingerprint density at radius 3 is 2.63 bits per heavy atom. The summed E-state index contributed by atoms with van der Waals surface area (Å²) in [4.78, 5) is 0. The fourth-order valence-corrected chi connectivity index (χ4v) is 5.84. The van der Waals surface area contributed by atoms with E-state index in [4.69, 9.17) is 17.3 Å². The van der Waals surface area contributed by atoms with E-state index in [0.29, 0.717) is 21.6 Å². The third-order valence-electron chi connectivity index (χ3n) is 3.34. The number of sulfonamides is 1. The normalized spacial score (nSPS) is 24.4. The Labute approximate surface area is 129 Å². The number of nitrogens with zero attached hydrogens (tertiary/aromatic N) is 1. The average molecular weight is 345 g/mol. The number of halogens is 2. The van der Waals surface area contributed by atoms with Crippen LogP contribution in [0.5, 0.6) is 0 Å². The molecule has 0 radical (unpaired) electrons. The average Bonchev–Trinajstić information content (AvgIpc) is 2.84. The van der Waals surface area contributed by atoms with Gasteiger partial charge in [-0.05, 0) is 44.4 Å². The molecule has 0 bridgehead atoms. The van der Waals surface area contributed by atoms with Gasteiger partial charge in [-0.3, -0.25) is 0 Å². The first-order valence-electron chi connectivity index (χ1n) is 5.84. The van der Waals surface area contributed by atoms with Gasteiger partial charge in [-0.15, -0.1) is 23.7 Å². The Kier molecular flexibility index (Phi) is 5.69. The Hall–Kier alpha value is 0.150. The highest BCUT2D eigenvalue weighted by Crippen LogP contribution is 2.35. The molecule has 1 aromatic rings. The maximum Gasteiger partial charge on any atom is 0.252 e. The lowest BCUT2D eigenvalue weighted by atomic mass is 10.1. The maximum atomic E-state index is 12.5. The molecular formula is C11H18Cl2N2O2S2.